The number of likely N-dealkylation sites (N-methyl/N-ethyl adjacent to an activating group) is 1. The highest BCUT2D eigenvalue weighted by molar-refractivity contribution is 6.31. The molecule has 2 aromatic rings. The maximum atomic E-state index is 13.5. The zero-order valence-electron chi connectivity index (χ0n) is 14.7. The highest BCUT2D eigenvalue weighted by Gasteiger charge is 2.39. The lowest BCUT2D eigenvalue weighted by Crippen LogP contribution is -2.43. The summed E-state index contributed by atoms with van der Waals surface area (Å²) in [6.45, 7) is 1.90. The van der Waals surface area contributed by atoms with Crippen LogP contribution in [0.15, 0.2) is 30.5 Å². The quantitative estimate of drug-likeness (QED) is 0.811. The van der Waals surface area contributed by atoms with E-state index in [9.17, 15) is 18.4 Å². The Morgan fingerprint density at radius 3 is 2.74 bits per heavy atom. The number of carbonyl (C=O) groups excluding carboxylic acids is 2. The molecule has 27 heavy (non-hydrogen) atoms. The third-order valence-corrected chi connectivity index (χ3v) is 4.84. The molecule has 3 rings (SSSR count). The van der Waals surface area contributed by atoms with Crippen LogP contribution in [-0.2, 0) is 11.3 Å². The summed E-state index contributed by atoms with van der Waals surface area (Å²) in [5, 5.41) is 2.24. The molecule has 1 saturated heterocycles. The second kappa shape index (κ2) is 7.48. The lowest BCUT2D eigenvalue weighted by atomic mass is 10.2. The zero-order chi connectivity index (χ0) is 19.7. The first kappa shape index (κ1) is 19.0. The first-order valence-electron chi connectivity index (χ1n) is 8.16. The summed E-state index contributed by atoms with van der Waals surface area (Å²) in [5.74, 6) is -2.64. The first-order chi connectivity index (χ1) is 12.8. The fraction of sp³-hybridized carbons (Fsp3) is 0.278. The number of aryl methyl sites for hydroxylation is 1. The Hall–Kier alpha value is -2.74. The summed E-state index contributed by atoms with van der Waals surface area (Å²) in [6.07, 6.45) is 1.57. The van der Waals surface area contributed by atoms with Gasteiger partial charge in [0.05, 0.1) is 23.5 Å². The average Bonchev–Trinajstić information content (AvgIpc) is 2.95. The molecule has 1 aromatic heterocycles. The van der Waals surface area contributed by atoms with E-state index in [1.807, 2.05) is 6.92 Å². The van der Waals surface area contributed by atoms with Crippen molar-refractivity contribution in [2.45, 2.75) is 19.5 Å². The van der Waals surface area contributed by atoms with Gasteiger partial charge in [0.15, 0.2) is 11.6 Å². The van der Waals surface area contributed by atoms with Crippen molar-refractivity contribution in [3.05, 3.63) is 58.4 Å². The highest BCUT2D eigenvalue weighted by Crippen LogP contribution is 2.24. The fourth-order valence-electron chi connectivity index (χ4n) is 2.79. The number of pyridine rings is 1. The van der Waals surface area contributed by atoms with E-state index in [1.54, 1.807) is 18.3 Å². The van der Waals surface area contributed by atoms with E-state index >= 15 is 0 Å². The molecule has 1 aliphatic heterocycles. The first-order valence-corrected chi connectivity index (χ1v) is 8.54. The van der Waals surface area contributed by atoms with Crippen LogP contribution < -0.4 is 10.2 Å². The van der Waals surface area contributed by atoms with Crippen LogP contribution in [0.1, 0.15) is 11.3 Å². The number of carbonyl (C=O) groups is 2. The summed E-state index contributed by atoms with van der Waals surface area (Å²) in [5.41, 5.74) is 1.66. The van der Waals surface area contributed by atoms with Crippen LogP contribution in [0.5, 0.6) is 0 Å². The van der Waals surface area contributed by atoms with Crippen molar-refractivity contribution in [3.8, 4) is 0 Å². The lowest BCUT2D eigenvalue weighted by molar-refractivity contribution is -0.124. The molecule has 142 valence electrons. The molecule has 0 saturated carbocycles. The Morgan fingerprint density at radius 1 is 1.33 bits per heavy atom. The molecule has 0 unspecified atom stereocenters. The minimum Gasteiger partial charge on any atom is -0.350 e. The largest absolute Gasteiger partial charge is 0.350 e. The van der Waals surface area contributed by atoms with Crippen LogP contribution in [0.2, 0.25) is 5.02 Å². The molecule has 0 radical (unpaired) electrons. The third-order valence-electron chi connectivity index (χ3n) is 4.43. The smallest absolute Gasteiger partial charge is 0.325 e. The van der Waals surface area contributed by atoms with Gasteiger partial charge in [0.1, 0.15) is 6.04 Å². The summed E-state index contributed by atoms with van der Waals surface area (Å²) < 4.78 is 26.6. The van der Waals surface area contributed by atoms with Gasteiger partial charge in [-0.25, -0.2) is 13.6 Å². The fourth-order valence-corrected chi connectivity index (χ4v) is 3.01. The van der Waals surface area contributed by atoms with Crippen LogP contribution in [0.3, 0.4) is 0 Å². The number of nitrogens with zero attached hydrogens (tertiary/aromatic N) is 3. The summed E-state index contributed by atoms with van der Waals surface area (Å²) in [4.78, 5) is 31.9. The molecular formula is C18H17ClF2N4O2. The summed E-state index contributed by atoms with van der Waals surface area (Å²) >= 11 is 5.76. The Labute approximate surface area is 159 Å². The number of rotatable bonds is 4. The number of nitrogens with one attached hydrogen (secondary N) is 1. The molecule has 0 spiro atoms. The number of aromatic nitrogens is 1. The molecule has 1 atom stereocenters. The van der Waals surface area contributed by atoms with E-state index in [0.29, 0.717) is 5.69 Å². The predicted octanol–water partition coefficient (Wildman–Crippen LogP) is 2.88. The van der Waals surface area contributed by atoms with Crippen molar-refractivity contribution in [1.29, 1.82) is 0 Å². The Balaban J connectivity index is 1.69. The number of anilines is 1. The topological polar surface area (TPSA) is 65.5 Å². The maximum Gasteiger partial charge on any atom is 0.325 e. The molecule has 9 heteroatoms. The SMILES string of the molecule is Cc1ccc(N2C[C@@H](C(=O)NCc3ccc(F)c(F)c3Cl)N(C)C2=O)cn1. The number of amides is 3. The molecule has 0 aliphatic carbocycles. The van der Waals surface area contributed by atoms with Crippen LogP contribution in [0.25, 0.3) is 0 Å². The van der Waals surface area contributed by atoms with Gasteiger partial charge in [0.2, 0.25) is 5.91 Å². The van der Waals surface area contributed by atoms with E-state index in [0.717, 1.165) is 11.8 Å². The molecule has 2 heterocycles. The lowest BCUT2D eigenvalue weighted by Gasteiger charge is -2.17. The van der Waals surface area contributed by atoms with Crippen LogP contribution in [-0.4, -0.2) is 41.5 Å². The second-order valence-electron chi connectivity index (χ2n) is 6.23. The van der Waals surface area contributed by atoms with Crippen LogP contribution >= 0.6 is 11.6 Å². The maximum absolute atomic E-state index is 13.5. The minimum atomic E-state index is -1.16. The van der Waals surface area contributed by atoms with Gasteiger partial charge in [0.25, 0.3) is 0 Å². The monoisotopic (exact) mass is 394 g/mol. The van der Waals surface area contributed by atoms with Gasteiger partial charge in [-0.2, -0.15) is 0 Å². The minimum absolute atomic E-state index is 0.0838. The van der Waals surface area contributed by atoms with Gasteiger partial charge < -0.3 is 10.2 Å². The molecule has 6 nitrogen and oxygen atoms in total. The summed E-state index contributed by atoms with van der Waals surface area (Å²) in [6, 6.07) is 4.72. The average molecular weight is 395 g/mol. The van der Waals surface area contributed by atoms with Crippen LogP contribution in [0, 0.1) is 18.6 Å². The van der Waals surface area contributed by atoms with Gasteiger partial charge in [-0.1, -0.05) is 17.7 Å². The molecule has 1 N–H and O–H groups in total. The van der Waals surface area contributed by atoms with E-state index in [4.69, 9.17) is 11.6 Å². The normalized spacial score (nSPS) is 16.8. The van der Waals surface area contributed by atoms with Gasteiger partial charge in [0, 0.05) is 19.3 Å². The number of benzene rings is 1. The standard InChI is InChI=1S/C18H17ClF2N4O2/c1-10-3-5-12(8-22-10)25-9-14(24(2)18(25)27)17(26)23-7-11-4-6-13(20)16(21)15(11)19/h3-6,8,14H,7,9H2,1-2H3,(H,23,26)/t14-/m0/s1. The van der Waals surface area contributed by atoms with Gasteiger partial charge >= 0.3 is 6.03 Å². The van der Waals surface area contributed by atoms with Crippen molar-refractivity contribution < 1.29 is 18.4 Å². The predicted molar refractivity (Wildman–Crippen MR) is 96.5 cm³/mol. The molecule has 3 amide bonds. The molecular weight excluding hydrogens is 378 g/mol. The van der Waals surface area contributed by atoms with Gasteiger partial charge in [-0.3, -0.25) is 14.7 Å². The van der Waals surface area contributed by atoms with E-state index in [-0.39, 0.29) is 29.7 Å². The third kappa shape index (κ3) is 3.71. The zero-order valence-corrected chi connectivity index (χ0v) is 15.4. The Bertz CT molecular complexity index is 892. The van der Waals surface area contributed by atoms with Gasteiger partial charge in [-0.15, -0.1) is 0 Å². The van der Waals surface area contributed by atoms with E-state index in [1.165, 1.54) is 22.9 Å². The molecule has 1 aromatic carbocycles. The van der Waals surface area contributed by atoms with Crippen molar-refractivity contribution >= 4 is 29.2 Å². The van der Waals surface area contributed by atoms with Gasteiger partial charge in [-0.05, 0) is 30.7 Å². The molecule has 0 bridgehead atoms. The number of hydrogen-bond acceptors (Lipinski definition) is 3. The molecule has 1 fully saturated rings. The number of hydrogen-bond donors (Lipinski definition) is 1. The molecule has 1 aliphatic rings. The Morgan fingerprint density at radius 2 is 2.07 bits per heavy atom. The van der Waals surface area contributed by atoms with Crippen molar-refractivity contribution in [1.82, 2.24) is 15.2 Å². The van der Waals surface area contributed by atoms with Crippen molar-refractivity contribution in [2.75, 3.05) is 18.5 Å². The van der Waals surface area contributed by atoms with E-state index in [2.05, 4.69) is 10.3 Å². The Kier molecular flexibility index (Phi) is 5.27. The van der Waals surface area contributed by atoms with E-state index < -0.39 is 23.6 Å². The second-order valence-corrected chi connectivity index (χ2v) is 6.61. The highest BCUT2D eigenvalue weighted by atomic mass is 35.5. The number of halogens is 3. The number of urea groups is 1. The summed E-state index contributed by atoms with van der Waals surface area (Å²) in [7, 11) is 1.53. The van der Waals surface area contributed by atoms with Crippen molar-refractivity contribution in [2.24, 2.45) is 0 Å². The van der Waals surface area contributed by atoms with Crippen LogP contribution in [0.4, 0.5) is 19.3 Å². The van der Waals surface area contributed by atoms with Crippen molar-refractivity contribution in [3.63, 3.8) is 0 Å².